The van der Waals surface area contributed by atoms with Crippen LogP contribution >= 0.6 is 0 Å². The molecule has 2 unspecified atom stereocenters. The summed E-state index contributed by atoms with van der Waals surface area (Å²) in [5.74, 6) is 1.60. The molecule has 2 heteroatoms. The Labute approximate surface area is 96.9 Å². The quantitative estimate of drug-likeness (QED) is 0.835. The number of likely N-dealkylation sites (tertiary alicyclic amines) is 1. The van der Waals surface area contributed by atoms with Gasteiger partial charge in [0.15, 0.2) is 0 Å². The molecule has 1 N–H and O–H groups in total. The Morgan fingerprint density at radius 1 is 1.25 bits per heavy atom. The molecule has 3 atom stereocenters. The van der Waals surface area contributed by atoms with Gasteiger partial charge in [0, 0.05) is 19.6 Å². The zero-order valence-electron chi connectivity index (χ0n) is 9.55. The first-order valence-corrected chi connectivity index (χ1v) is 6.28. The second-order valence-corrected chi connectivity index (χ2v) is 5.22. The van der Waals surface area contributed by atoms with E-state index in [-0.39, 0.29) is 6.10 Å². The minimum atomic E-state index is -0.0751. The van der Waals surface area contributed by atoms with Gasteiger partial charge in [0.2, 0.25) is 0 Å². The summed E-state index contributed by atoms with van der Waals surface area (Å²) in [6, 6.07) is 10.8. The van der Waals surface area contributed by atoms with Gasteiger partial charge in [-0.25, -0.2) is 0 Å². The van der Waals surface area contributed by atoms with Crippen LogP contribution in [0.15, 0.2) is 30.3 Å². The Kier molecular flexibility index (Phi) is 2.70. The maximum absolute atomic E-state index is 9.47. The first kappa shape index (κ1) is 10.3. The highest BCUT2D eigenvalue weighted by Crippen LogP contribution is 2.47. The van der Waals surface area contributed by atoms with Crippen LogP contribution in [0.4, 0.5) is 0 Å². The predicted molar refractivity (Wildman–Crippen MR) is 64.4 cm³/mol. The average Bonchev–Trinajstić information content (AvgIpc) is 2.95. The monoisotopic (exact) mass is 217 g/mol. The number of aliphatic hydroxyl groups excluding tert-OH is 1. The van der Waals surface area contributed by atoms with E-state index < -0.39 is 0 Å². The van der Waals surface area contributed by atoms with E-state index in [1.807, 2.05) is 0 Å². The van der Waals surface area contributed by atoms with E-state index in [9.17, 15) is 5.11 Å². The molecule has 0 bridgehead atoms. The van der Waals surface area contributed by atoms with Crippen LogP contribution in [0.1, 0.15) is 24.3 Å². The summed E-state index contributed by atoms with van der Waals surface area (Å²) in [6.07, 6.45) is 2.22. The fourth-order valence-corrected chi connectivity index (χ4v) is 2.87. The first-order chi connectivity index (χ1) is 7.83. The van der Waals surface area contributed by atoms with Gasteiger partial charge in [0.25, 0.3) is 0 Å². The average molecular weight is 217 g/mol. The molecule has 1 aliphatic heterocycles. The molecule has 2 nitrogen and oxygen atoms in total. The molecule has 3 rings (SSSR count). The summed E-state index contributed by atoms with van der Waals surface area (Å²) in [5, 5.41) is 9.47. The Morgan fingerprint density at radius 2 is 2.06 bits per heavy atom. The third-order valence-corrected chi connectivity index (χ3v) is 3.89. The van der Waals surface area contributed by atoms with Crippen molar-refractivity contribution in [2.75, 3.05) is 19.6 Å². The van der Waals surface area contributed by atoms with Crippen molar-refractivity contribution < 1.29 is 5.11 Å². The van der Waals surface area contributed by atoms with Crippen molar-refractivity contribution >= 4 is 0 Å². The van der Waals surface area contributed by atoms with Gasteiger partial charge in [-0.2, -0.15) is 0 Å². The molecular formula is C14H19NO. The third-order valence-electron chi connectivity index (χ3n) is 3.89. The van der Waals surface area contributed by atoms with Crippen molar-refractivity contribution in [2.45, 2.75) is 24.9 Å². The Morgan fingerprint density at radius 3 is 2.75 bits per heavy atom. The molecular weight excluding hydrogens is 198 g/mol. The lowest BCUT2D eigenvalue weighted by Gasteiger charge is -2.14. The van der Waals surface area contributed by atoms with Gasteiger partial charge in [0.1, 0.15) is 0 Å². The Hall–Kier alpha value is -0.860. The van der Waals surface area contributed by atoms with Gasteiger partial charge in [-0.15, -0.1) is 0 Å². The highest BCUT2D eigenvalue weighted by molar-refractivity contribution is 5.25. The molecule has 1 aliphatic carbocycles. The van der Waals surface area contributed by atoms with E-state index in [2.05, 4.69) is 35.2 Å². The molecule has 1 aromatic rings. The minimum Gasteiger partial charge on any atom is -0.392 e. The number of benzene rings is 1. The normalized spacial score (nSPS) is 34.2. The predicted octanol–water partition coefficient (Wildman–Crippen LogP) is 1.86. The van der Waals surface area contributed by atoms with E-state index >= 15 is 0 Å². The third kappa shape index (κ3) is 2.13. The fraction of sp³-hybridized carbons (Fsp3) is 0.571. The molecule has 2 aliphatic rings. The van der Waals surface area contributed by atoms with Crippen LogP contribution in [0.3, 0.4) is 0 Å². The molecule has 2 fully saturated rings. The van der Waals surface area contributed by atoms with Crippen molar-refractivity contribution in [3.63, 3.8) is 0 Å². The molecule has 0 spiro atoms. The lowest BCUT2D eigenvalue weighted by molar-refractivity contribution is 0.175. The van der Waals surface area contributed by atoms with Crippen LogP contribution in [0, 0.1) is 5.92 Å². The number of hydrogen-bond donors (Lipinski definition) is 1. The molecule has 1 saturated heterocycles. The molecule has 0 radical (unpaired) electrons. The van der Waals surface area contributed by atoms with Crippen molar-refractivity contribution in [3.05, 3.63) is 35.9 Å². The second kappa shape index (κ2) is 4.19. The number of β-amino-alcohol motifs (C(OH)–C–C–N with tert-alkyl or cyclic N) is 1. The fourth-order valence-electron chi connectivity index (χ4n) is 2.87. The van der Waals surface area contributed by atoms with Gasteiger partial charge in [-0.05, 0) is 30.2 Å². The van der Waals surface area contributed by atoms with Crippen molar-refractivity contribution in [1.29, 1.82) is 0 Å². The lowest BCUT2D eigenvalue weighted by Crippen LogP contribution is -2.24. The van der Waals surface area contributed by atoms with E-state index in [0.717, 1.165) is 31.3 Å². The smallest absolute Gasteiger partial charge is 0.0679 e. The van der Waals surface area contributed by atoms with Gasteiger partial charge in [0.05, 0.1) is 6.10 Å². The summed E-state index contributed by atoms with van der Waals surface area (Å²) in [4.78, 5) is 2.41. The Balaban J connectivity index is 1.53. The first-order valence-electron chi connectivity index (χ1n) is 6.28. The SMILES string of the molecule is O[C@H]1CCN(CC2CC2c2ccccc2)C1. The van der Waals surface area contributed by atoms with E-state index in [1.54, 1.807) is 0 Å². The zero-order valence-corrected chi connectivity index (χ0v) is 9.55. The molecule has 0 aromatic heterocycles. The van der Waals surface area contributed by atoms with Gasteiger partial charge in [-0.3, -0.25) is 0 Å². The summed E-state index contributed by atoms with van der Waals surface area (Å²) >= 11 is 0. The number of hydrogen-bond acceptors (Lipinski definition) is 2. The van der Waals surface area contributed by atoms with E-state index in [0.29, 0.717) is 0 Å². The molecule has 1 saturated carbocycles. The lowest BCUT2D eigenvalue weighted by atomic mass is 10.1. The standard InChI is InChI=1S/C14H19NO/c16-13-6-7-15(10-13)9-12-8-14(12)11-4-2-1-3-5-11/h1-5,12-14,16H,6-10H2/t12?,13-,14?/m0/s1. The summed E-state index contributed by atoms with van der Waals surface area (Å²) in [5.41, 5.74) is 1.49. The van der Waals surface area contributed by atoms with Crippen molar-refractivity contribution in [1.82, 2.24) is 4.90 Å². The van der Waals surface area contributed by atoms with Crippen LogP contribution in [-0.2, 0) is 0 Å². The van der Waals surface area contributed by atoms with Gasteiger partial charge in [-0.1, -0.05) is 30.3 Å². The summed E-state index contributed by atoms with van der Waals surface area (Å²) in [7, 11) is 0. The maximum Gasteiger partial charge on any atom is 0.0679 e. The van der Waals surface area contributed by atoms with Gasteiger partial charge >= 0.3 is 0 Å². The topological polar surface area (TPSA) is 23.5 Å². The number of nitrogens with zero attached hydrogens (tertiary/aromatic N) is 1. The highest BCUT2D eigenvalue weighted by atomic mass is 16.3. The summed E-state index contributed by atoms with van der Waals surface area (Å²) in [6.45, 7) is 3.15. The van der Waals surface area contributed by atoms with Crippen LogP contribution < -0.4 is 0 Å². The molecule has 16 heavy (non-hydrogen) atoms. The Bertz CT molecular complexity index is 351. The molecule has 1 aromatic carbocycles. The summed E-state index contributed by atoms with van der Waals surface area (Å²) < 4.78 is 0. The van der Waals surface area contributed by atoms with Gasteiger partial charge < -0.3 is 10.0 Å². The van der Waals surface area contributed by atoms with Crippen molar-refractivity contribution in [3.8, 4) is 0 Å². The number of aliphatic hydroxyl groups is 1. The largest absolute Gasteiger partial charge is 0.392 e. The van der Waals surface area contributed by atoms with E-state index in [4.69, 9.17) is 0 Å². The van der Waals surface area contributed by atoms with Crippen molar-refractivity contribution in [2.24, 2.45) is 5.92 Å². The molecule has 1 heterocycles. The molecule has 0 amide bonds. The van der Waals surface area contributed by atoms with Crippen LogP contribution in [-0.4, -0.2) is 35.7 Å². The highest BCUT2D eigenvalue weighted by Gasteiger charge is 2.39. The zero-order chi connectivity index (χ0) is 11.0. The maximum atomic E-state index is 9.47. The van der Waals surface area contributed by atoms with Crippen LogP contribution in [0.25, 0.3) is 0 Å². The van der Waals surface area contributed by atoms with Crippen LogP contribution in [0.2, 0.25) is 0 Å². The molecule has 86 valence electrons. The second-order valence-electron chi connectivity index (χ2n) is 5.22. The number of rotatable bonds is 3. The van der Waals surface area contributed by atoms with E-state index in [1.165, 1.54) is 18.5 Å². The van der Waals surface area contributed by atoms with Crippen LogP contribution in [0.5, 0.6) is 0 Å². The minimum absolute atomic E-state index is 0.0751.